The van der Waals surface area contributed by atoms with Crippen LogP contribution in [-0.2, 0) is 19.7 Å². The van der Waals surface area contributed by atoms with Gasteiger partial charge in [0.1, 0.15) is 11.5 Å². The lowest BCUT2D eigenvalue weighted by Crippen LogP contribution is -2.31. The molecule has 0 spiro atoms. The smallest absolute Gasteiger partial charge is 0.295 e. The number of ether oxygens (including phenoxy) is 2. The number of amides is 1. The summed E-state index contributed by atoms with van der Waals surface area (Å²) in [4.78, 5) is 27.6. The summed E-state index contributed by atoms with van der Waals surface area (Å²) in [5.74, 6) is -0.800. The molecule has 1 amide bonds. The fourth-order valence-electron chi connectivity index (χ4n) is 4.03. The Balaban J connectivity index is 2.08. The molecule has 1 unspecified atom stereocenters. The number of Topliss-reactive ketones (excluding diaryl/α,β-unsaturated/α-hetero) is 1. The normalized spacial score (nSPS) is 18.1. The lowest BCUT2D eigenvalue weighted by atomic mass is 9.85. The van der Waals surface area contributed by atoms with E-state index in [1.807, 2.05) is 31.2 Å². The van der Waals surface area contributed by atoms with Crippen molar-refractivity contribution < 1.29 is 24.2 Å². The third-order valence-electron chi connectivity index (χ3n) is 5.82. The number of hydrogen-bond acceptors (Lipinski definition) is 5. The monoisotopic (exact) mass is 451 g/mol. The van der Waals surface area contributed by atoms with Crippen molar-refractivity contribution in [3.63, 3.8) is 0 Å². The second-order valence-corrected chi connectivity index (χ2v) is 9.17. The number of hydrogen-bond donors (Lipinski definition) is 1. The van der Waals surface area contributed by atoms with E-state index < -0.39 is 17.7 Å². The van der Waals surface area contributed by atoms with Crippen LogP contribution in [0.25, 0.3) is 5.76 Å². The van der Waals surface area contributed by atoms with Gasteiger partial charge in [0.15, 0.2) is 0 Å². The fraction of sp³-hybridized carbons (Fsp3) is 0.407. The maximum absolute atomic E-state index is 13.1. The van der Waals surface area contributed by atoms with Crippen molar-refractivity contribution in [3.8, 4) is 5.75 Å². The number of aliphatic hydroxyl groups is 1. The van der Waals surface area contributed by atoms with Gasteiger partial charge in [0.05, 0.1) is 18.2 Å². The number of likely N-dealkylation sites (tertiary alicyclic amines) is 1. The lowest BCUT2D eigenvalue weighted by molar-refractivity contribution is -0.140. The third kappa shape index (κ3) is 5.28. The number of methoxy groups -OCH3 is 1. The Bertz CT molecular complexity index is 1020. The van der Waals surface area contributed by atoms with Crippen molar-refractivity contribution in [1.29, 1.82) is 0 Å². The summed E-state index contributed by atoms with van der Waals surface area (Å²) in [6.07, 6.45) is 0.586. The molecule has 0 saturated carbocycles. The van der Waals surface area contributed by atoms with E-state index in [9.17, 15) is 14.7 Å². The van der Waals surface area contributed by atoms with Gasteiger partial charge in [-0.25, -0.2) is 0 Å². The molecule has 2 aromatic rings. The minimum absolute atomic E-state index is 0.0267. The maximum atomic E-state index is 13.1. The summed E-state index contributed by atoms with van der Waals surface area (Å²) < 4.78 is 10.6. The van der Waals surface area contributed by atoms with Gasteiger partial charge in [0.2, 0.25) is 0 Å². The Kier molecular flexibility index (Phi) is 7.59. The molecule has 1 saturated heterocycles. The standard InChI is InChI=1S/C27H33NO5/c1-6-33-21-14-10-19(11-15-21)24(29)22-23(18-8-12-20(13-9-18)27(2,3)4)28(16-7-17-32-5)26(31)25(22)30/h8-15,23,29H,6-7,16-17H2,1-5H3/b24-22-. The van der Waals surface area contributed by atoms with E-state index in [0.29, 0.717) is 37.5 Å². The Labute approximate surface area is 195 Å². The van der Waals surface area contributed by atoms with E-state index in [0.717, 1.165) is 11.1 Å². The largest absolute Gasteiger partial charge is 0.507 e. The van der Waals surface area contributed by atoms with Crippen LogP contribution in [0, 0.1) is 0 Å². The topological polar surface area (TPSA) is 76.1 Å². The van der Waals surface area contributed by atoms with E-state index in [4.69, 9.17) is 9.47 Å². The third-order valence-corrected chi connectivity index (χ3v) is 5.82. The molecule has 0 radical (unpaired) electrons. The van der Waals surface area contributed by atoms with Crippen molar-refractivity contribution >= 4 is 17.4 Å². The Morgan fingerprint density at radius 3 is 2.21 bits per heavy atom. The number of ketones is 1. The van der Waals surface area contributed by atoms with Gasteiger partial charge in [-0.1, -0.05) is 45.0 Å². The first kappa shape index (κ1) is 24.5. The molecule has 0 aromatic heterocycles. The summed E-state index contributed by atoms with van der Waals surface area (Å²) in [6, 6.07) is 14.1. The first-order valence-corrected chi connectivity index (χ1v) is 11.3. The molecule has 3 rings (SSSR count). The molecular formula is C27H33NO5. The minimum atomic E-state index is -0.677. The summed E-state index contributed by atoms with van der Waals surface area (Å²) in [7, 11) is 1.60. The second-order valence-electron chi connectivity index (χ2n) is 9.17. The summed E-state index contributed by atoms with van der Waals surface area (Å²) in [5.41, 5.74) is 2.47. The van der Waals surface area contributed by atoms with Crippen LogP contribution in [0.1, 0.15) is 56.8 Å². The van der Waals surface area contributed by atoms with Crippen LogP contribution < -0.4 is 4.74 Å². The molecule has 2 aromatic carbocycles. The zero-order valence-corrected chi connectivity index (χ0v) is 20.1. The van der Waals surface area contributed by atoms with Gasteiger partial charge in [0.25, 0.3) is 11.7 Å². The average Bonchev–Trinajstić information content (AvgIpc) is 3.04. The van der Waals surface area contributed by atoms with E-state index in [1.54, 1.807) is 31.4 Å². The quantitative estimate of drug-likeness (QED) is 0.269. The highest BCUT2D eigenvalue weighted by atomic mass is 16.5. The lowest BCUT2D eigenvalue weighted by Gasteiger charge is -2.26. The van der Waals surface area contributed by atoms with E-state index >= 15 is 0 Å². The zero-order chi connectivity index (χ0) is 24.2. The minimum Gasteiger partial charge on any atom is -0.507 e. The summed E-state index contributed by atoms with van der Waals surface area (Å²) in [6.45, 7) is 9.63. The molecule has 1 aliphatic heterocycles. The van der Waals surface area contributed by atoms with Crippen LogP contribution in [0.2, 0.25) is 0 Å². The highest BCUT2D eigenvalue weighted by molar-refractivity contribution is 6.46. The molecule has 176 valence electrons. The zero-order valence-electron chi connectivity index (χ0n) is 20.1. The van der Waals surface area contributed by atoms with Crippen molar-refractivity contribution in [2.24, 2.45) is 0 Å². The van der Waals surface area contributed by atoms with Gasteiger partial charge in [0, 0.05) is 25.8 Å². The van der Waals surface area contributed by atoms with Gasteiger partial charge < -0.3 is 19.5 Å². The van der Waals surface area contributed by atoms with Crippen LogP contribution in [0.3, 0.4) is 0 Å². The van der Waals surface area contributed by atoms with E-state index in [-0.39, 0.29) is 16.7 Å². The van der Waals surface area contributed by atoms with Crippen LogP contribution >= 0.6 is 0 Å². The van der Waals surface area contributed by atoms with Gasteiger partial charge in [-0.3, -0.25) is 9.59 Å². The summed E-state index contributed by atoms with van der Waals surface area (Å²) in [5, 5.41) is 11.1. The van der Waals surface area contributed by atoms with Crippen molar-refractivity contribution in [1.82, 2.24) is 4.90 Å². The molecular weight excluding hydrogens is 418 g/mol. The second kappa shape index (κ2) is 10.2. The Morgan fingerprint density at radius 1 is 1.03 bits per heavy atom. The summed E-state index contributed by atoms with van der Waals surface area (Å²) >= 11 is 0. The van der Waals surface area contributed by atoms with Crippen LogP contribution in [-0.4, -0.2) is 48.6 Å². The maximum Gasteiger partial charge on any atom is 0.295 e. The highest BCUT2D eigenvalue weighted by Gasteiger charge is 2.45. The number of nitrogens with zero attached hydrogens (tertiary/aromatic N) is 1. The van der Waals surface area contributed by atoms with Crippen molar-refractivity contribution in [3.05, 3.63) is 70.8 Å². The van der Waals surface area contributed by atoms with Crippen LogP contribution in [0.4, 0.5) is 0 Å². The van der Waals surface area contributed by atoms with Gasteiger partial charge >= 0.3 is 0 Å². The molecule has 1 aliphatic rings. The number of carbonyl (C=O) groups excluding carboxylic acids is 2. The van der Waals surface area contributed by atoms with Crippen LogP contribution in [0.5, 0.6) is 5.75 Å². The molecule has 0 bridgehead atoms. The molecule has 33 heavy (non-hydrogen) atoms. The molecule has 0 aliphatic carbocycles. The number of carbonyl (C=O) groups is 2. The molecule has 6 nitrogen and oxygen atoms in total. The first-order chi connectivity index (χ1) is 15.7. The molecule has 1 N–H and O–H groups in total. The molecule has 1 atom stereocenters. The van der Waals surface area contributed by atoms with Gasteiger partial charge in [-0.15, -0.1) is 0 Å². The van der Waals surface area contributed by atoms with Gasteiger partial charge in [-0.2, -0.15) is 0 Å². The average molecular weight is 452 g/mol. The molecule has 1 heterocycles. The van der Waals surface area contributed by atoms with Crippen molar-refractivity contribution in [2.45, 2.75) is 45.6 Å². The molecule has 1 fully saturated rings. The predicted molar refractivity (Wildman–Crippen MR) is 128 cm³/mol. The number of benzene rings is 2. The fourth-order valence-corrected chi connectivity index (χ4v) is 4.03. The van der Waals surface area contributed by atoms with Gasteiger partial charge in [-0.05, 0) is 54.2 Å². The predicted octanol–water partition coefficient (Wildman–Crippen LogP) is 4.84. The number of aliphatic hydroxyl groups excluding tert-OH is 1. The Hall–Kier alpha value is -3.12. The Morgan fingerprint density at radius 2 is 1.67 bits per heavy atom. The number of rotatable bonds is 8. The molecule has 6 heteroatoms. The SMILES string of the molecule is CCOc1ccc(/C(O)=C2/C(=O)C(=O)N(CCCOC)C2c2ccc(C(C)(C)C)cc2)cc1. The first-order valence-electron chi connectivity index (χ1n) is 11.3. The van der Waals surface area contributed by atoms with E-state index in [1.165, 1.54) is 4.90 Å². The van der Waals surface area contributed by atoms with Crippen molar-refractivity contribution in [2.75, 3.05) is 26.9 Å². The van der Waals surface area contributed by atoms with Crippen LogP contribution in [0.15, 0.2) is 54.1 Å². The highest BCUT2D eigenvalue weighted by Crippen LogP contribution is 2.40. The van der Waals surface area contributed by atoms with E-state index in [2.05, 4.69) is 20.8 Å².